The van der Waals surface area contributed by atoms with Crippen LogP contribution in [0.1, 0.15) is 73.0 Å². The highest BCUT2D eigenvalue weighted by molar-refractivity contribution is 5.97. The normalized spacial score (nSPS) is 15.1. The van der Waals surface area contributed by atoms with Crippen LogP contribution in [0.2, 0.25) is 0 Å². The Kier molecular flexibility index (Phi) is 6.07. The van der Waals surface area contributed by atoms with Crippen molar-refractivity contribution in [2.75, 3.05) is 6.54 Å². The minimum atomic E-state index is -2.54. The van der Waals surface area contributed by atoms with Gasteiger partial charge in [0, 0.05) is 24.1 Å². The molecule has 1 aliphatic rings. The van der Waals surface area contributed by atoms with E-state index in [9.17, 15) is 13.6 Å². The summed E-state index contributed by atoms with van der Waals surface area (Å²) in [6, 6.07) is 3.36. The van der Waals surface area contributed by atoms with E-state index in [1.165, 1.54) is 19.3 Å². The lowest BCUT2D eigenvalue weighted by molar-refractivity contribution is 0.0986. The molecule has 1 fully saturated rings. The van der Waals surface area contributed by atoms with Crippen LogP contribution < -0.4 is 5.32 Å². The summed E-state index contributed by atoms with van der Waals surface area (Å²) in [6.07, 6.45) is 2.06. The fraction of sp³-hybridized carbons (Fsp3) is 0.611. The molecule has 0 saturated heterocycles. The molecule has 22 heavy (non-hydrogen) atoms. The second kappa shape index (κ2) is 7.82. The number of rotatable bonds is 8. The van der Waals surface area contributed by atoms with Crippen LogP contribution in [0, 0.1) is 5.92 Å². The van der Waals surface area contributed by atoms with Crippen LogP contribution in [0.3, 0.4) is 0 Å². The van der Waals surface area contributed by atoms with Crippen LogP contribution in [0.25, 0.3) is 0 Å². The smallest absolute Gasteiger partial charge is 0.264 e. The molecule has 1 aliphatic carbocycles. The maximum absolute atomic E-state index is 13.3. The third kappa shape index (κ3) is 3.92. The lowest BCUT2D eigenvalue weighted by atomic mass is 9.85. The maximum atomic E-state index is 13.3. The molecule has 1 saturated carbocycles. The van der Waals surface area contributed by atoms with E-state index >= 15 is 0 Å². The highest BCUT2D eigenvalue weighted by Crippen LogP contribution is 2.29. The van der Waals surface area contributed by atoms with Crippen molar-refractivity contribution in [1.29, 1.82) is 0 Å². The van der Waals surface area contributed by atoms with Gasteiger partial charge in [-0.1, -0.05) is 20.3 Å². The van der Waals surface area contributed by atoms with Gasteiger partial charge >= 0.3 is 0 Å². The van der Waals surface area contributed by atoms with E-state index in [1.807, 2.05) is 6.92 Å². The molecule has 2 rings (SSSR count). The Morgan fingerprint density at radius 3 is 2.55 bits per heavy atom. The van der Waals surface area contributed by atoms with E-state index in [2.05, 4.69) is 5.32 Å². The molecule has 0 aromatic heterocycles. The van der Waals surface area contributed by atoms with Gasteiger partial charge in [-0.2, -0.15) is 0 Å². The van der Waals surface area contributed by atoms with E-state index in [-0.39, 0.29) is 11.3 Å². The third-order valence-corrected chi connectivity index (χ3v) is 4.54. The lowest BCUT2D eigenvalue weighted by Gasteiger charge is -2.25. The van der Waals surface area contributed by atoms with Gasteiger partial charge in [0.05, 0.1) is 0 Å². The fourth-order valence-corrected chi connectivity index (χ4v) is 3.00. The summed E-state index contributed by atoms with van der Waals surface area (Å²) in [5, 5.41) is 3.34. The Labute approximate surface area is 131 Å². The Morgan fingerprint density at radius 1 is 1.32 bits per heavy atom. The molecule has 0 amide bonds. The second-order valence-corrected chi connectivity index (χ2v) is 6.07. The fourth-order valence-electron chi connectivity index (χ4n) is 3.00. The molecule has 1 aromatic carbocycles. The Hall–Kier alpha value is -1.29. The van der Waals surface area contributed by atoms with Crippen LogP contribution >= 0.6 is 0 Å². The highest BCUT2D eigenvalue weighted by atomic mass is 19.3. The number of nitrogens with one attached hydrogen (secondary N) is 1. The molecular weight excluding hydrogens is 284 g/mol. The average molecular weight is 309 g/mol. The molecule has 0 heterocycles. The quantitative estimate of drug-likeness (QED) is 0.707. The lowest BCUT2D eigenvalue weighted by Crippen LogP contribution is -2.27. The SMILES string of the molecule is CCC(=O)c1cc(CNCC2CCC2)cc(C(F)F)c1CC. The average Bonchev–Trinajstić information content (AvgIpc) is 2.47. The van der Waals surface area contributed by atoms with Gasteiger partial charge in [-0.25, -0.2) is 8.78 Å². The largest absolute Gasteiger partial charge is 0.312 e. The van der Waals surface area contributed by atoms with E-state index < -0.39 is 6.43 Å². The second-order valence-electron chi connectivity index (χ2n) is 6.07. The molecule has 122 valence electrons. The zero-order chi connectivity index (χ0) is 16.1. The zero-order valence-electron chi connectivity index (χ0n) is 13.4. The van der Waals surface area contributed by atoms with Crippen LogP contribution in [0.4, 0.5) is 8.78 Å². The van der Waals surface area contributed by atoms with E-state index in [1.54, 1.807) is 19.1 Å². The van der Waals surface area contributed by atoms with E-state index in [4.69, 9.17) is 0 Å². The number of alkyl halides is 2. The number of Topliss-reactive ketones (excluding diaryl/α,β-unsaturated/α-hetero) is 1. The van der Waals surface area contributed by atoms with E-state index in [0.717, 1.165) is 18.0 Å². The number of carbonyl (C=O) groups is 1. The summed E-state index contributed by atoms with van der Waals surface area (Å²) in [4.78, 5) is 12.1. The van der Waals surface area contributed by atoms with Crippen molar-refractivity contribution in [1.82, 2.24) is 5.32 Å². The number of benzene rings is 1. The predicted molar refractivity (Wildman–Crippen MR) is 84.4 cm³/mol. The number of ketones is 1. The van der Waals surface area contributed by atoms with Gasteiger partial charge in [-0.15, -0.1) is 0 Å². The minimum Gasteiger partial charge on any atom is -0.312 e. The number of halogens is 2. The monoisotopic (exact) mass is 309 g/mol. The first-order valence-electron chi connectivity index (χ1n) is 8.24. The van der Waals surface area contributed by atoms with Crippen molar-refractivity contribution >= 4 is 5.78 Å². The van der Waals surface area contributed by atoms with Crippen LogP contribution in [0.5, 0.6) is 0 Å². The Bertz CT molecular complexity index is 524. The molecule has 0 bridgehead atoms. The summed E-state index contributed by atoms with van der Waals surface area (Å²) in [6.45, 7) is 5.06. The standard InChI is InChI=1S/C18H25F2NO/c1-3-14-15(17(22)4-2)8-13(9-16(14)18(19)20)11-21-10-12-6-5-7-12/h8-9,12,18,21H,3-7,10-11H2,1-2H3. The van der Waals surface area contributed by atoms with Gasteiger partial charge in [0.25, 0.3) is 6.43 Å². The van der Waals surface area contributed by atoms with Crippen LogP contribution in [0.15, 0.2) is 12.1 Å². The molecule has 1 aromatic rings. The van der Waals surface area contributed by atoms with Crippen LogP contribution in [-0.2, 0) is 13.0 Å². The molecule has 2 nitrogen and oxygen atoms in total. The minimum absolute atomic E-state index is 0.0160. The molecule has 0 atom stereocenters. The predicted octanol–water partition coefficient (Wildman–Crippen LogP) is 4.67. The van der Waals surface area contributed by atoms with Crippen molar-refractivity contribution in [2.24, 2.45) is 5.92 Å². The highest BCUT2D eigenvalue weighted by Gasteiger charge is 2.20. The van der Waals surface area contributed by atoms with Gasteiger partial charge in [0.15, 0.2) is 5.78 Å². The number of hydrogen-bond donors (Lipinski definition) is 1. The van der Waals surface area contributed by atoms with Gasteiger partial charge in [-0.3, -0.25) is 4.79 Å². The summed E-state index contributed by atoms with van der Waals surface area (Å²) in [7, 11) is 0. The van der Waals surface area contributed by atoms with Gasteiger partial charge in [-0.05, 0) is 55.0 Å². The first kappa shape index (κ1) is 17.1. The number of hydrogen-bond acceptors (Lipinski definition) is 2. The summed E-state index contributed by atoms with van der Waals surface area (Å²) < 4.78 is 26.6. The molecular formula is C18H25F2NO. The van der Waals surface area contributed by atoms with Gasteiger partial charge < -0.3 is 5.32 Å². The van der Waals surface area contributed by atoms with Crippen molar-refractivity contribution < 1.29 is 13.6 Å². The Balaban J connectivity index is 2.20. The van der Waals surface area contributed by atoms with Crippen molar-refractivity contribution in [2.45, 2.75) is 58.9 Å². The molecule has 4 heteroatoms. The third-order valence-electron chi connectivity index (χ3n) is 4.54. The van der Waals surface area contributed by atoms with Crippen molar-refractivity contribution in [3.05, 3.63) is 34.4 Å². The number of carbonyl (C=O) groups excluding carboxylic acids is 1. The zero-order valence-corrected chi connectivity index (χ0v) is 13.4. The van der Waals surface area contributed by atoms with Crippen LogP contribution in [-0.4, -0.2) is 12.3 Å². The summed E-state index contributed by atoms with van der Waals surface area (Å²) in [5.41, 5.74) is 1.78. The molecule has 0 unspecified atom stereocenters. The van der Waals surface area contributed by atoms with Gasteiger partial charge in [0.1, 0.15) is 0 Å². The Morgan fingerprint density at radius 2 is 2.05 bits per heavy atom. The topological polar surface area (TPSA) is 29.1 Å². The maximum Gasteiger partial charge on any atom is 0.264 e. The molecule has 0 spiro atoms. The van der Waals surface area contributed by atoms with Crippen molar-refractivity contribution in [3.63, 3.8) is 0 Å². The van der Waals surface area contributed by atoms with Gasteiger partial charge in [0.2, 0.25) is 0 Å². The molecule has 0 radical (unpaired) electrons. The van der Waals surface area contributed by atoms with Crippen molar-refractivity contribution in [3.8, 4) is 0 Å². The molecule has 1 N–H and O–H groups in total. The summed E-state index contributed by atoms with van der Waals surface area (Å²) in [5.74, 6) is 0.667. The molecule has 0 aliphatic heterocycles. The summed E-state index contributed by atoms with van der Waals surface area (Å²) >= 11 is 0. The first-order valence-corrected chi connectivity index (χ1v) is 8.24. The van der Waals surface area contributed by atoms with E-state index in [0.29, 0.717) is 30.5 Å². The first-order chi connectivity index (χ1) is 10.6.